The summed E-state index contributed by atoms with van der Waals surface area (Å²) in [4.78, 5) is 0. The van der Waals surface area contributed by atoms with Crippen molar-refractivity contribution < 1.29 is 9.50 Å². The molecule has 0 aliphatic carbocycles. The average molecular weight is 234 g/mol. The topological polar surface area (TPSA) is 46.2 Å². The molecule has 1 aromatic carbocycles. The van der Waals surface area contributed by atoms with Crippen molar-refractivity contribution in [1.82, 2.24) is 0 Å². The summed E-state index contributed by atoms with van der Waals surface area (Å²) >= 11 is 3.03. The molecule has 0 unspecified atom stereocenters. The van der Waals surface area contributed by atoms with Gasteiger partial charge in [-0.15, -0.1) is 0 Å². The van der Waals surface area contributed by atoms with Gasteiger partial charge in [0.15, 0.2) is 0 Å². The van der Waals surface area contributed by atoms with Gasteiger partial charge < -0.3 is 10.8 Å². The minimum absolute atomic E-state index is 0.257. The molecule has 0 saturated heterocycles. The van der Waals surface area contributed by atoms with Crippen LogP contribution in [0.25, 0.3) is 0 Å². The van der Waals surface area contributed by atoms with Gasteiger partial charge in [0.2, 0.25) is 0 Å². The molecule has 12 heavy (non-hydrogen) atoms. The van der Waals surface area contributed by atoms with Crippen LogP contribution < -0.4 is 5.73 Å². The third-order valence-electron chi connectivity index (χ3n) is 1.58. The number of benzene rings is 1. The van der Waals surface area contributed by atoms with Crippen LogP contribution in [0.4, 0.5) is 4.39 Å². The third kappa shape index (κ3) is 1.83. The zero-order valence-corrected chi connectivity index (χ0v) is 7.88. The molecule has 4 heteroatoms. The van der Waals surface area contributed by atoms with Crippen molar-refractivity contribution in [1.29, 1.82) is 0 Å². The van der Waals surface area contributed by atoms with Gasteiger partial charge in [-0.1, -0.05) is 12.1 Å². The Morgan fingerprint density at radius 3 is 2.83 bits per heavy atom. The maximum atomic E-state index is 13.2. The number of hydrogen-bond donors (Lipinski definition) is 2. The second-order valence-corrected chi connectivity index (χ2v) is 3.29. The lowest BCUT2D eigenvalue weighted by molar-refractivity contribution is 0.265. The molecule has 0 amide bonds. The van der Waals surface area contributed by atoms with E-state index in [1.165, 1.54) is 0 Å². The van der Waals surface area contributed by atoms with Crippen LogP contribution in [-0.2, 0) is 0 Å². The molecule has 0 spiro atoms. The molecule has 2 nitrogen and oxygen atoms in total. The number of aliphatic hydroxyl groups is 1. The highest BCUT2D eigenvalue weighted by atomic mass is 79.9. The lowest BCUT2D eigenvalue weighted by Crippen LogP contribution is -2.16. The van der Waals surface area contributed by atoms with Gasteiger partial charge in [-0.25, -0.2) is 4.39 Å². The summed E-state index contributed by atoms with van der Waals surface area (Å²) in [5, 5.41) is 8.70. The molecule has 0 aromatic heterocycles. The maximum Gasteiger partial charge on any atom is 0.142 e. The Morgan fingerprint density at radius 2 is 2.25 bits per heavy atom. The number of halogens is 2. The molecule has 0 saturated carbocycles. The maximum absolute atomic E-state index is 13.2. The van der Waals surface area contributed by atoms with Gasteiger partial charge in [0.1, 0.15) is 5.82 Å². The van der Waals surface area contributed by atoms with E-state index in [0.29, 0.717) is 10.0 Å². The molecule has 0 radical (unpaired) electrons. The zero-order chi connectivity index (χ0) is 9.14. The van der Waals surface area contributed by atoms with E-state index in [9.17, 15) is 4.39 Å². The van der Waals surface area contributed by atoms with E-state index in [0.717, 1.165) is 0 Å². The quantitative estimate of drug-likeness (QED) is 0.815. The fourth-order valence-electron chi connectivity index (χ4n) is 0.905. The molecule has 1 atom stereocenters. The van der Waals surface area contributed by atoms with Crippen molar-refractivity contribution in [2.45, 2.75) is 6.04 Å². The lowest BCUT2D eigenvalue weighted by atomic mass is 10.1. The fraction of sp³-hybridized carbons (Fsp3) is 0.250. The summed E-state index contributed by atoms with van der Waals surface area (Å²) in [6, 6.07) is 4.17. The molecule has 0 bridgehead atoms. The first-order valence-corrected chi connectivity index (χ1v) is 4.26. The second-order valence-electron chi connectivity index (χ2n) is 2.43. The average Bonchev–Trinajstić information content (AvgIpc) is 2.08. The van der Waals surface area contributed by atoms with Crippen LogP contribution in [0.2, 0.25) is 0 Å². The Morgan fingerprint density at radius 1 is 1.58 bits per heavy atom. The Hall–Kier alpha value is -0.450. The van der Waals surface area contributed by atoms with Crippen LogP contribution in [0.5, 0.6) is 0 Å². The molecule has 1 rings (SSSR count). The number of hydrogen-bond acceptors (Lipinski definition) is 2. The predicted molar refractivity (Wildman–Crippen MR) is 48.1 cm³/mol. The minimum atomic E-state index is -0.650. The van der Waals surface area contributed by atoms with Crippen LogP contribution in [0, 0.1) is 5.82 Å². The largest absolute Gasteiger partial charge is 0.394 e. The van der Waals surface area contributed by atoms with Gasteiger partial charge >= 0.3 is 0 Å². The van der Waals surface area contributed by atoms with E-state index in [4.69, 9.17) is 10.8 Å². The van der Waals surface area contributed by atoms with E-state index in [-0.39, 0.29) is 6.61 Å². The van der Waals surface area contributed by atoms with Gasteiger partial charge in [0.05, 0.1) is 17.1 Å². The number of rotatable bonds is 2. The van der Waals surface area contributed by atoms with Crippen molar-refractivity contribution in [3.63, 3.8) is 0 Å². The summed E-state index contributed by atoms with van der Waals surface area (Å²) in [6.45, 7) is -0.257. The van der Waals surface area contributed by atoms with Crippen LogP contribution >= 0.6 is 15.9 Å². The molecule has 0 aliphatic heterocycles. The van der Waals surface area contributed by atoms with Crippen LogP contribution in [0.1, 0.15) is 11.6 Å². The van der Waals surface area contributed by atoms with E-state index in [1.807, 2.05) is 0 Å². The summed E-state index contributed by atoms with van der Waals surface area (Å²) in [5.41, 5.74) is 5.78. The van der Waals surface area contributed by atoms with Gasteiger partial charge in [0.25, 0.3) is 0 Å². The Balaban J connectivity index is 3.07. The summed E-state index contributed by atoms with van der Waals surface area (Å²) < 4.78 is 13.6. The highest BCUT2D eigenvalue weighted by molar-refractivity contribution is 9.10. The molecule has 0 aliphatic rings. The molecule has 1 aromatic rings. The Bertz CT molecular complexity index is 280. The van der Waals surface area contributed by atoms with Gasteiger partial charge in [0, 0.05) is 5.56 Å². The Kier molecular flexibility index (Phi) is 3.20. The molecule has 0 heterocycles. The molecular formula is C8H9BrFNO. The molecule has 66 valence electrons. The first-order valence-electron chi connectivity index (χ1n) is 3.47. The van der Waals surface area contributed by atoms with E-state index in [2.05, 4.69) is 15.9 Å². The SMILES string of the molecule is N[C@@H](CO)c1cccc(Br)c1F. The second kappa shape index (κ2) is 3.98. The van der Waals surface area contributed by atoms with E-state index < -0.39 is 11.9 Å². The number of aliphatic hydroxyl groups excluding tert-OH is 1. The summed E-state index contributed by atoms with van der Waals surface area (Å²) in [6.07, 6.45) is 0. The van der Waals surface area contributed by atoms with Gasteiger partial charge in [-0.3, -0.25) is 0 Å². The fourth-order valence-corrected chi connectivity index (χ4v) is 1.29. The standard InChI is InChI=1S/C8H9BrFNO/c9-6-3-1-2-5(8(6)10)7(11)4-12/h1-3,7,12H,4,11H2/t7-/m0/s1. The smallest absolute Gasteiger partial charge is 0.142 e. The van der Waals surface area contributed by atoms with Crippen LogP contribution in [-0.4, -0.2) is 11.7 Å². The van der Waals surface area contributed by atoms with E-state index >= 15 is 0 Å². The van der Waals surface area contributed by atoms with Crippen molar-refractivity contribution in [2.24, 2.45) is 5.73 Å². The molecular weight excluding hydrogens is 225 g/mol. The Labute approximate surface area is 78.3 Å². The zero-order valence-electron chi connectivity index (χ0n) is 6.30. The van der Waals surface area contributed by atoms with Crippen molar-refractivity contribution in [3.8, 4) is 0 Å². The van der Waals surface area contributed by atoms with Crippen LogP contribution in [0.3, 0.4) is 0 Å². The predicted octanol–water partition coefficient (Wildman–Crippen LogP) is 1.58. The minimum Gasteiger partial charge on any atom is -0.394 e. The summed E-state index contributed by atoms with van der Waals surface area (Å²) in [7, 11) is 0. The lowest BCUT2D eigenvalue weighted by Gasteiger charge is -2.09. The first kappa shape index (κ1) is 9.64. The highest BCUT2D eigenvalue weighted by Gasteiger charge is 2.11. The highest BCUT2D eigenvalue weighted by Crippen LogP contribution is 2.22. The number of nitrogens with two attached hydrogens (primary N) is 1. The molecule has 3 N–H and O–H groups in total. The molecule has 0 fully saturated rings. The normalized spacial score (nSPS) is 13.0. The van der Waals surface area contributed by atoms with Crippen molar-refractivity contribution >= 4 is 15.9 Å². The van der Waals surface area contributed by atoms with Crippen molar-refractivity contribution in [3.05, 3.63) is 34.1 Å². The third-order valence-corrected chi connectivity index (χ3v) is 2.19. The van der Waals surface area contributed by atoms with Gasteiger partial charge in [-0.05, 0) is 22.0 Å². The van der Waals surface area contributed by atoms with Gasteiger partial charge in [-0.2, -0.15) is 0 Å². The first-order chi connectivity index (χ1) is 5.66. The van der Waals surface area contributed by atoms with Crippen LogP contribution in [0.15, 0.2) is 22.7 Å². The monoisotopic (exact) mass is 233 g/mol. The van der Waals surface area contributed by atoms with Crippen molar-refractivity contribution in [2.75, 3.05) is 6.61 Å². The summed E-state index contributed by atoms with van der Waals surface area (Å²) in [5.74, 6) is -0.404. The van der Waals surface area contributed by atoms with E-state index in [1.54, 1.807) is 18.2 Å².